The first kappa shape index (κ1) is 23.3. The molecule has 2 aromatic heterocycles. The van der Waals surface area contributed by atoms with Gasteiger partial charge >= 0.3 is 0 Å². The van der Waals surface area contributed by atoms with Crippen LogP contribution in [0.3, 0.4) is 0 Å². The van der Waals surface area contributed by atoms with Crippen molar-refractivity contribution in [3.8, 4) is 11.8 Å². The Morgan fingerprint density at radius 3 is 2.94 bits per heavy atom. The van der Waals surface area contributed by atoms with Gasteiger partial charge in [-0.2, -0.15) is 5.26 Å². The molecule has 172 valence electrons. The van der Waals surface area contributed by atoms with Crippen molar-refractivity contribution in [2.24, 2.45) is 0 Å². The van der Waals surface area contributed by atoms with Crippen molar-refractivity contribution in [2.45, 2.75) is 64.3 Å². The molecule has 33 heavy (non-hydrogen) atoms. The maximum Gasteiger partial charge on any atom is 0.235 e. The molecular formula is C24H27N5O2S2. The first-order valence-electron chi connectivity index (χ1n) is 11.2. The van der Waals surface area contributed by atoms with E-state index in [0.29, 0.717) is 28.9 Å². The SMILES string of the molecule is CCn1c(COc2cccc(C)c2)nnc1SCC(=O)Nc1sc2c(c1C#N)CCCCC2. The summed E-state index contributed by atoms with van der Waals surface area (Å²) in [7, 11) is 0. The predicted octanol–water partition coefficient (Wildman–Crippen LogP) is 5.12. The Morgan fingerprint density at radius 2 is 2.15 bits per heavy atom. The number of hydrogen-bond donors (Lipinski definition) is 1. The van der Waals surface area contributed by atoms with E-state index in [1.54, 1.807) is 11.3 Å². The molecule has 0 aliphatic heterocycles. The van der Waals surface area contributed by atoms with Crippen LogP contribution >= 0.6 is 23.1 Å². The van der Waals surface area contributed by atoms with E-state index in [1.807, 2.05) is 42.7 Å². The third-order valence-corrected chi connectivity index (χ3v) is 7.76. The summed E-state index contributed by atoms with van der Waals surface area (Å²) in [5, 5.41) is 22.5. The van der Waals surface area contributed by atoms with Gasteiger partial charge in [-0.05, 0) is 62.8 Å². The molecule has 7 nitrogen and oxygen atoms in total. The van der Waals surface area contributed by atoms with E-state index in [2.05, 4.69) is 21.6 Å². The summed E-state index contributed by atoms with van der Waals surface area (Å²) in [6.07, 6.45) is 5.36. The van der Waals surface area contributed by atoms with Crippen LogP contribution < -0.4 is 10.1 Å². The Balaban J connectivity index is 1.37. The van der Waals surface area contributed by atoms with E-state index >= 15 is 0 Å². The molecule has 0 saturated heterocycles. The lowest BCUT2D eigenvalue weighted by Gasteiger charge is -2.09. The number of hydrogen-bond acceptors (Lipinski definition) is 7. The van der Waals surface area contributed by atoms with Crippen molar-refractivity contribution < 1.29 is 9.53 Å². The van der Waals surface area contributed by atoms with Gasteiger partial charge in [0.2, 0.25) is 5.91 Å². The van der Waals surface area contributed by atoms with Gasteiger partial charge in [0.25, 0.3) is 0 Å². The highest BCUT2D eigenvalue weighted by Gasteiger charge is 2.21. The van der Waals surface area contributed by atoms with Gasteiger partial charge < -0.3 is 14.6 Å². The molecule has 1 N–H and O–H groups in total. The number of anilines is 1. The molecule has 1 aromatic carbocycles. The number of aromatic nitrogens is 3. The molecule has 0 unspecified atom stereocenters. The molecule has 9 heteroatoms. The fourth-order valence-corrected chi connectivity index (χ4v) is 6.02. The van der Waals surface area contributed by atoms with Gasteiger partial charge in [-0.25, -0.2) is 0 Å². The summed E-state index contributed by atoms with van der Waals surface area (Å²) in [4.78, 5) is 13.9. The number of fused-ring (bicyclic) bond motifs is 1. The first-order valence-corrected chi connectivity index (χ1v) is 13.0. The quantitative estimate of drug-likeness (QED) is 0.355. The van der Waals surface area contributed by atoms with Crippen LogP contribution in [0.1, 0.15) is 53.6 Å². The van der Waals surface area contributed by atoms with Crippen LogP contribution in [-0.2, 0) is 30.8 Å². The van der Waals surface area contributed by atoms with Crippen LogP contribution in [0.25, 0.3) is 0 Å². The highest BCUT2D eigenvalue weighted by molar-refractivity contribution is 7.99. The molecule has 0 radical (unpaired) electrons. The number of ether oxygens (including phenoxy) is 1. The number of nitrogens with zero attached hydrogens (tertiary/aromatic N) is 4. The maximum atomic E-state index is 12.7. The Morgan fingerprint density at radius 1 is 1.30 bits per heavy atom. The molecule has 0 fully saturated rings. The monoisotopic (exact) mass is 481 g/mol. The lowest BCUT2D eigenvalue weighted by Crippen LogP contribution is -2.15. The number of aryl methyl sites for hydroxylation is 2. The minimum atomic E-state index is -0.142. The average molecular weight is 482 g/mol. The summed E-state index contributed by atoms with van der Waals surface area (Å²) in [5.41, 5.74) is 2.91. The van der Waals surface area contributed by atoms with Crippen molar-refractivity contribution in [3.05, 3.63) is 51.7 Å². The highest BCUT2D eigenvalue weighted by Crippen LogP contribution is 2.37. The molecule has 4 rings (SSSR count). The number of thioether (sulfide) groups is 1. The molecule has 1 amide bonds. The highest BCUT2D eigenvalue weighted by atomic mass is 32.2. The van der Waals surface area contributed by atoms with Crippen molar-refractivity contribution in [3.63, 3.8) is 0 Å². The normalized spacial score (nSPS) is 13.1. The van der Waals surface area contributed by atoms with Gasteiger partial charge in [-0.1, -0.05) is 30.3 Å². The second-order valence-corrected chi connectivity index (χ2v) is 10.0. The number of carbonyl (C=O) groups is 1. The second-order valence-electron chi connectivity index (χ2n) is 7.97. The van der Waals surface area contributed by atoms with Gasteiger partial charge in [0.1, 0.15) is 23.4 Å². The standard InChI is InChI=1S/C24H27N5O2S2/c1-3-29-21(14-31-17-9-7-8-16(2)12-17)27-28-24(29)32-15-22(30)26-23-19(13-25)18-10-5-4-6-11-20(18)33-23/h7-9,12H,3-6,10-11,14-15H2,1-2H3,(H,26,30). The fraction of sp³-hybridized carbons (Fsp3) is 0.417. The van der Waals surface area contributed by atoms with Crippen molar-refractivity contribution in [1.82, 2.24) is 14.8 Å². The molecule has 0 saturated carbocycles. The molecule has 1 aliphatic rings. The van der Waals surface area contributed by atoms with Crippen LogP contribution in [0, 0.1) is 18.3 Å². The summed E-state index contributed by atoms with van der Waals surface area (Å²) < 4.78 is 7.83. The van der Waals surface area contributed by atoms with Crippen molar-refractivity contribution in [2.75, 3.05) is 11.1 Å². The first-order chi connectivity index (χ1) is 16.1. The Kier molecular flexibility index (Phi) is 7.68. The van der Waals surface area contributed by atoms with Crippen LogP contribution in [-0.4, -0.2) is 26.4 Å². The van der Waals surface area contributed by atoms with E-state index < -0.39 is 0 Å². The Labute approximate surface area is 202 Å². The van der Waals surface area contributed by atoms with E-state index in [4.69, 9.17) is 4.74 Å². The lowest BCUT2D eigenvalue weighted by molar-refractivity contribution is -0.113. The predicted molar refractivity (Wildman–Crippen MR) is 131 cm³/mol. The van der Waals surface area contributed by atoms with Crippen molar-refractivity contribution in [1.29, 1.82) is 5.26 Å². The minimum absolute atomic E-state index is 0.142. The number of nitrogens with one attached hydrogen (secondary N) is 1. The molecule has 0 spiro atoms. The van der Waals surface area contributed by atoms with Gasteiger partial charge in [0.15, 0.2) is 11.0 Å². The largest absolute Gasteiger partial charge is 0.486 e. The smallest absolute Gasteiger partial charge is 0.235 e. The average Bonchev–Trinajstić information content (AvgIpc) is 3.27. The number of amides is 1. The van der Waals surface area contributed by atoms with Crippen LogP contribution in [0.2, 0.25) is 0 Å². The fourth-order valence-electron chi connectivity index (χ4n) is 3.95. The summed E-state index contributed by atoms with van der Waals surface area (Å²) in [5.74, 6) is 1.56. The van der Waals surface area contributed by atoms with Gasteiger partial charge in [0.05, 0.1) is 11.3 Å². The van der Waals surface area contributed by atoms with E-state index in [0.717, 1.165) is 48.4 Å². The van der Waals surface area contributed by atoms with Crippen LogP contribution in [0.4, 0.5) is 5.00 Å². The molecule has 0 atom stereocenters. The zero-order valence-electron chi connectivity index (χ0n) is 18.9. The molecule has 1 aliphatic carbocycles. The lowest BCUT2D eigenvalue weighted by atomic mass is 10.1. The Bertz CT molecular complexity index is 1180. The number of thiophene rings is 1. The molecule has 2 heterocycles. The van der Waals surface area contributed by atoms with Crippen molar-refractivity contribution >= 4 is 34.0 Å². The van der Waals surface area contributed by atoms with E-state index in [9.17, 15) is 10.1 Å². The topological polar surface area (TPSA) is 92.8 Å². The van der Waals surface area contributed by atoms with Gasteiger partial charge in [-0.15, -0.1) is 21.5 Å². The molecule has 3 aromatic rings. The number of carbonyl (C=O) groups excluding carboxylic acids is 1. The van der Waals surface area contributed by atoms with Crippen LogP contribution in [0.15, 0.2) is 29.4 Å². The zero-order chi connectivity index (χ0) is 23.2. The second kappa shape index (κ2) is 10.9. The van der Waals surface area contributed by atoms with Crippen LogP contribution in [0.5, 0.6) is 5.75 Å². The van der Waals surface area contributed by atoms with E-state index in [1.165, 1.54) is 23.1 Å². The summed E-state index contributed by atoms with van der Waals surface area (Å²) in [6.45, 7) is 5.03. The van der Waals surface area contributed by atoms with Gasteiger partial charge in [-0.3, -0.25) is 4.79 Å². The third kappa shape index (κ3) is 5.57. The van der Waals surface area contributed by atoms with E-state index in [-0.39, 0.29) is 11.7 Å². The molecule has 0 bridgehead atoms. The maximum absolute atomic E-state index is 12.7. The summed E-state index contributed by atoms with van der Waals surface area (Å²) >= 11 is 2.89. The summed E-state index contributed by atoms with van der Waals surface area (Å²) in [6, 6.07) is 10.2. The number of rotatable bonds is 8. The van der Waals surface area contributed by atoms with Gasteiger partial charge in [0, 0.05) is 11.4 Å². The minimum Gasteiger partial charge on any atom is -0.486 e. The number of nitriles is 1. The zero-order valence-corrected chi connectivity index (χ0v) is 20.5. The molecular weight excluding hydrogens is 454 g/mol. The third-order valence-electron chi connectivity index (χ3n) is 5.59. The number of benzene rings is 1. The Hall–Kier alpha value is -2.83.